The summed E-state index contributed by atoms with van der Waals surface area (Å²) in [6, 6.07) is 17.9. The molecule has 1 aliphatic rings. The fourth-order valence-electron chi connectivity index (χ4n) is 3.48. The van der Waals surface area contributed by atoms with Gasteiger partial charge in [0.05, 0.1) is 26.0 Å². The summed E-state index contributed by atoms with van der Waals surface area (Å²) in [7, 11) is 1.66. The van der Waals surface area contributed by atoms with Crippen LogP contribution in [0.25, 0.3) is 23.0 Å². The highest BCUT2D eigenvalue weighted by atomic mass is 16.5. The molecule has 0 saturated heterocycles. The van der Waals surface area contributed by atoms with E-state index in [0.717, 1.165) is 28.1 Å². The van der Waals surface area contributed by atoms with Crippen molar-refractivity contribution in [2.45, 2.75) is 26.2 Å². The van der Waals surface area contributed by atoms with Gasteiger partial charge in [0.1, 0.15) is 11.9 Å². The van der Waals surface area contributed by atoms with Crippen LogP contribution in [0.2, 0.25) is 0 Å². The first-order chi connectivity index (χ1) is 14.2. The number of hydrogen-bond acceptors (Lipinski definition) is 6. The summed E-state index contributed by atoms with van der Waals surface area (Å²) in [5.74, 6) is 1.79. The predicted octanol–water partition coefficient (Wildman–Crippen LogP) is 4.19. The summed E-state index contributed by atoms with van der Waals surface area (Å²) in [5.41, 5.74) is 4.80. The maximum absolute atomic E-state index is 6.03. The van der Waals surface area contributed by atoms with Crippen LogP contribution in [-0.4, -0.2) is 27.0 Å². The van der Waals surface area contributed by atoms with Crippen LogP contribution in [0.15, 0.2) is 59.1 Å². The Labute approximate surface area is 167 Å². The minimum Gasteiger partial charge on any atom is -0.497 e. The Hall–Kier alpha value is -3.45. The largest absolute Gasteiger partial charge is 0.497 e. The van der Waals surface area contributed by atoms with Crippen LogP contribution in [0.1, 0.15) is 22.9 Å². The second-order valence-electron chi connectivity index (χ2n) is 7.07. The van der Waals surface area contributed by atoms with Crippen molar-refractivity contribution in [3.8, 4) is 28.7 Å². The number of fused-ring (bicyclic) bond motifs is 1. The number of aromatic nitrogens is 4. The molecule has 2 aromatic heterocycles. The zero-order valence-corrected chi connectivity index (χ0v) is 16.2. The van der Waals surface area contributed by atoms with Crippen LogP contribution in [0.5, 0.6) is 5.75 Å². The average Bonchev–Trinajstić information content (AvgIpc) is 3.40. The molecule has 0 fully saturated rings. The van der Waals surface area contributed by atoms with Gasteiger partial charge in [0.2, 0.25) is 5.82 Å². The summed E-state index contributed by atoms with van der Waals surface area (Å²) in [6.07, 6.45) is -0.0632. The van der Waals surface area contributed by atoms with Crippen molar-refractivity contribution in [1.29, 1.82) is 0 Å². The summed E-state index contributed by atoms with van der Waals surface area (Å²) >= 11 is 0. The van der Waals surface area contributed by atoms with Crippen molar-refractivity contribution in [3.05, 3.63) is 71.4 Å². The molecule has 2 aromatic carbocycles. The Morgan fingerprint density at radius 3 is 2.76 bits per heavy atom. The van der Waals surface area contributed by atoms with Gasteiger partial charge in [0.15, 0.2) is 5.69 Å². The number of benzene rings is 2. The van der Waals surface area contributed by atoms with Gasteiger partial charge in [-0.25, -0.2) is 0 Å². The quantitative estimate of drug-likeness (QED) is 0.522. The first-order valence-corrected chi connectivity index (χ1v) is 9.43. The van der Waals surface area contributed by atoms with Crippen LogP contribution in [-0.2, 0) is 17.9 Å². The molecule has 0 bridgehead atoms. The molecule has 4 aromatic rings. The van der Waals surface area contributed by atoms with Crippen molar-refractivity contribution in [2.75, 3.05) is 7.11 Å². The Bertz CT molecular complexity index is 1150. The fourth-order valence-corrected chi connectivity index (χ4v) is 3.48. The van der Waals surface area contributed by atoms with Gasteiger partial charge in [-0.3, -0.25) is 4.68 Å². The van der Waals surface area contributed by atoms with Crippen molar-refractivity contribution >= 4 is 0 Å². The van der Waals surface area contributed by atoms with E-state index in [1.165, 1.54) is 0 Å². The van der Waals surface area contributed by atoms with Gasteiger partial charge in [-0.05, 0) is 36.8 Å². The molecule has 0 saturated carbocycles. The van der Waals surface area contributed by atoms with Crippen LogP contribution in [0.4, 0.5) is 0 Å². The lowest BCUT2D eigenvalue weighted by atomic mass is 10.1. The van der Waals surface area contributed by atoms with E-state index >= 15 is 0 Å². The van der Waals surface area contributed by atoms with Crippen LogP contribution >= 0.6 is 0 Å². The molecular formula is C22H20N4O3. The van der Waals surface area contributed by atoms with Crippen molar-refractivity contribution in [2.24, 2.45) is 0 Å². The molecular weight excluding hydrogens is 368 g/mol. The van der Waals surface area contributed by atoms with E-state index in [-0.39, 0.29) is 6.10 Å². The van der Waals surface area contributed by atoms with Gasteiger partial charge in [-0.2, -0.15) is 10.1 Å². The predicted molar refractivity (Wildman–Crippen MR) is 106 cm³/mol. The highest BCUT2D eigenvalue weighted by Crippen LogP contribution is 2.30. The third-order valence-corrected chi connectivity index (χ3v) is 5.04. The monoisotopic (exact) mass is 388 g/mol. The van der Waals surface area contributed by atoms with E-state index in [0.29, 0.717) is 30.6 Å². The number of hydrogen-bond donors (Lipinski definition) is 0. The second kappa shape index (κ2) is 7.18. The molecule has 146 valence electrons. The second-order valence-corrected chi connectivity index (χ2v) is 7.07. The molecule has 0 unspecified atom stereocenters. The lowest BCUT2D eigenvalue weighted by molar-refractivity contribution is -0.00115. The molecule has 7 heteroatoms. The Morgan fingerprint density at radius 1 is 1.10 bits per heavy atom. The molecule has 0 radical (unpaired) electrons. The molecule has 0 amide bonds. The van der Waals surface area contributed by atoms with E-state index in [1.54, 1.807) is 7.11 Å². The minimum atomic E-state index is -0.0632. The Balaban J connectivity index is 1.38. The van der Waals surface area contributed by atoms with E-state index in [1.807, 2.05) is 66.2 Å². The van der Waals surface area contributed by atoms with Crippen molar-refractivity contribution in [3.63, 3.8) is 0 Å². The molecule has 0 N–H and O–H groups in total. The summed E-state index contributed by atoms with van der Waals surface area (Å²) in [6.45, 7) is 3.14. The molecule has 7 nitrogen and oxygen atoms in total. The van der Waals surface area contributed by atoms with Crippen LogP contribution in [0, 0.1) is 6.92 Å². The zero-order valence-electron chi connectivity index (χ0n) is 16.2. The fraction of sp³-hybridized carbons (Fsp3) is 0.227. The van der Waals surface area contributed by atoms with Gasteiger partial charge in [0, 0.05) is 5.56 Å². The number of nitrogens with zero attached hydrogens (tertiary/aromatic N) is 4. The van der Waals surface area contributed by atoms with E-state index in [9.17, 15) is 0 Å². The summed E-state index contributed by atoms with van der Waals surface area (Å²) < 4.78 is 18.7. The third-order valence-electron chi connectivity index (χ3n) is 5.04. The van der Waals surface area contributed by atoms with Gasteiger partial charge in [-0.15, -0.1) is 0 Å². The maximum atomic E-state index is 6.03. The summed E-state index contributed by atoms with van der Waals surface area (Å²) in [4.78, 5) is 4.52. The van der Waals surface area contributed by atoms with Gasteiger partial charge < -0.3 is 14.0 Å². The number of methoxy groups -OCH3 is 1. The minimum absolute atomic E-state index is 0.0632. The maximum Gasteiger partial charge on any atom is 0.278 e. The SMILES string of the molecule is COc1ccc([C@@H]2Cn3nc(-c4nc(-c5cccc(C)c5)no4)cc3CO2)cc1. The van der Waals surface area contributed by atoms with E-state index in [2.05, 4.69) is 15.2 Å². The normalized spacial score (nSPS) is 15.9. The number of rotatable bonds is 4. The smallest absolute Gasteiger partial charge is 0.278 e. The van der Waals surface area contributed by atoms with Crippen molar-refractivity contribution < 1.29 is 14.0 Å². The molecule has 0 aliphatic carbocycles. The molecule has 1 atom stereocenters. The van der Waals surface area contributed by atoms with Gasteiger partial charge in [-0.1, -0.05) is 41.1 Å². The molecule has 1 aliphatic heterocycles. The molecule has 3 heterocycles. The standard InChI is InChI=1S/C22H20N4O3/c1-14-4-3-5-16(10-14)21-23-22(29-25-21)19-11-17-13-28-20(12-26(17)24-19)15-6-8-18(27-2)9-7-15/h3-11,20H,12-13H2,1-2H3/t20-/m0/s1. The average molecular weight is 388 g/mol. The highest BCUT2D eigenvalue weighted by Gasteiger charge is 2.24. The van der Waals surface area contributed by atoms with Gasteiger partial charge >= 0.3 is 0 Å². The number of ether oxygens (including phenoxy) is 2. The lowest BCUT2D eigenvalue weighted by Crippen LogP contribution is -2.21. The van der Waals surface area contributed by atoms with Gasteiger partial charge in [0.25, 0.3) is 5.89 Å². The lowest BCUT2D eigenvalue weighted by Gasteiger charge is -2.24. The van der Waals surface area contributed by atoms with Crippen molar-refractivity contribution in [1.82, 2.24) is 19.9 Å². The Kier molecular flexibility index (Phi) is 4.37. The third kappa shape index (κ3) is 3.40. The first kappa shape index (κ1) is 17.6. The van der Waals surface area contributed by atoms with Crippen LogP contribution in [0.3, 0.4) is 0 Å². The zero-order chi connectivity index (χ0) is 19.8. The molecule has 5 rings (SSSR count). The first-order valence-electron chi connectivity index (χ1n) is 9.43. The van der Waals surface area contributed by atoms with E-state index in [4.69, 9.17) is 14.0 Å². The number of aryl methyl sites for hydroxylation is 1. The Morgan fingerprint density at radius 2 is 1.97 bits per heavy atom. The van der Waals surface area contributed by atoms with E-state index < -0.39 is 0 Å². The van der Waals surface area contributed by atoms with Crippen LogP contribution < -0.4 is 4.74 Å². The molecule has 29 heavy (non-hydrogen) atoms. The summed E-state index contributed by atoms with van der Waals surface area (Å²) in [5, 5.41) is 8.78. The highest BCUT2D eigenvalue weighted by molar-refractivity contribution is 5.58. The molecule has 0 spiro atoms. The topological polar surface area (TPSA) is 75.2 Å².